The van der Waals surface area contributed by atoms with Gasteiger partial charge in [-0.1, -0.05) is 29.8 Å². The second-order valence-electron chi connectivity index (χ2n) is 6.65. The van der Waals surface area contributed by atoms with Gasteiger partial charge in [0.25, 0.3) is 5.91 Å². The lowest BCUT2D eigenvalue weighted by molar-refractivity contribution is -0.123. The van der Waals surface area contributed by atoms with Crippen LogP contribution in [0.15, 0.2) is 48.5 Å². The molecular weight excluding hydrogens is 344 g/mol. The van der Waals surface area contributed by atoms with Gasteiger partial charge >= 0.3 is 0 Å². The highest BCUT2D eigenvalue weighted by Crippen LogP contribution is 2.26. The summed E-state index contributed by atoms with van der Waals surface area (Å²) >= 11 is 0. The maximum absolute atomic E-state index is 12.3. The van der Waals surface area contributed by atoms with Crippen LogP contribution in [-0.4, -0.2) is 38.6 Å². The molecule has 0 spiro atoms. The van der Waals surface area contributed by atoms with E-state index in [4.69, 9.17) is 9.47 Å². The maximum Gasteiger partial charge on any atom is 0.257 e. The molecule has 1 fully saturated rings. The molecule has 1 aliphatic heterocycles. The molecule has 27 heavy (non-hydrogen) atoms. The number of carbonyl (C=O) groups is 2. The van der Waals surface area contributed by atoms with Crippen LogP contribution in [0, 0.1) is 12.8 Å². The topological polar surface area (TPSA) is 67.9 Å². The van der Waals surface area contributed by atoms with Crippen LogP contribution in [0.5, 0.6) is 11.5 Å². The van der Waals surface area contributed by atoms with E-state index in [0.29, 0.717) is 31.0 Å². The fraction of sp³-hybridized carbons (Fsp3) is 0.333. The van der Waals surface area contributed by atoms with Gasteiger partial charge in [0.05, 0.1) is 7.11 Å². The van der Waals surface area contributed by atoms with Crippen molar-refractivity contribution >= 4 is 17.5 Å². The molecule has 2 amide bonds. The fourth-order valence-corrected chi connectivity index (χ4v) is 3.08. The van der Waals surface area contributed by atoms with E-state index in [1.54, 1.807) is 24.1 Å². The third-order valence-corrected chi connectivity index (χ3v) is 4.57. The van der Waals surface area contributed by atoms with Crippen molar-refractivity contribution in [1.82, 2.24) is 5.32 Å². The normalized spacial score (nSPS) is 16.3. The molecule has 0 radical (unpaired) electrons. The number of ether oxygens (including phenoxy) is 2. The monoisotopic (exact) mass is 368 g/mol. The summed E-state index contributed by atoms with van der Waals surface area (Å²) in [5, 5.41) is 2.85. The first-order valence-corrected chi connectivity index (χ1v) is 8.96. The first kappa shape index (κ1) is 18.8. The molecular formula is C21H24N2O4. The lowest BCUT2D eigenvalue weighted by Gasteiger charge is -2.17. The number of nitrogens with zero attached hydrogens (tertiary/aromatic N) is 1. The second-order valence-corrected chi connectivity index (χ2v) is 6.65. The van der Waals surface area contributed by atoms with Crippen LogP contribution >= 0.6 is 0 Å². The molecule has 1 N–H and O–H groups in total. The summed E-state index contributed by atoms with van der Waals surface area (Å²) in [6, 6.07) is 15.1. The van der Waals surface area contributed by atoms with Crippen LogP contribution in [0.1, 0.15) is 12.0 Å². The highest BCUT2D eigenvalue weighted by molar-refractivity contribution is 5.95. The van der Waals surface area contributed by atoms with Crippen LogP contribution in [0.3, 0.4) is 0 Å². The molecule has 1 unspecified atom stereocenters. The van der Waals surface area contributed by atoms with Crippen molar-refractivity contribution in [2.24, 2.45) is 5.92 Å². The Bertz CT molecular complexity index is 804. The third kappa shape index (κ3) is 4.78. The predicted molar refractivity (Wildman–Crippen MR) is 103 cm³/mol. The molecule has 0 aromatic heterocycles. The van der Waals surface area contributed by atoms with Crippen molar-refractivity contribution in [2.45, 2.75) is 13.3 Å². The van der Waals surface area contributed by atoms with Crippen LogP contribution in [-0.2, 0) is 9.59 Å². The van der Waals surface area contributed by atoms with E-state index in [0.717, 1.165) is 11.3 Å². The fourth-order valence-electron chi connectivity index (χ4n) is 3.08. The maximum atomic E-state index is 12.3. The van der Waals surface area contributed by atoms with Gasteiger partial charge in [-0.15, -0.1) is 0 Å². The van der Waals surface area contributed by atoms with Gasteiger partial charge in [0.1, 0.15) is 0 Å². The van der Waals surface area contributed by atoms with Gasteiger partial charge in [-0.3, -0.25) is 9.59 Å². The van der Waals surface area contributed by atoms with Crippen molar-refractivity contribution in [3.05, 3.63) is 54.1 Å². The Morgan fingerprint density at radius 1 is 1.15 bits per heavy atom. The number of carbonyl (C=O) groups excluding carboxylic acids is 2. The summed E-state index contributed by atoms with van der Waals surface area (Å²) in [4.78, 5) is 26.1. The molecule has 3 rings (SSSR count). The molecule has 1 heterocycles. The second kappa shape index (κ2) is 8.58. The summed E-state index contributed by atoms with van der Waals surface area (Å²) in [6.45, 7) is 2.97. The van der Waals surface area contributed by atoms with Crippen LogP contribution in [0.2, 0.25) is 0 Å². The van der Waals surface area contributed by atoms with E-state index in [1.165, 1.54) is 0 Å². The number of methoxy groups -OCH3 is 1. The van der Waals surface area contributed by atoms with Gasteiger partial charge in [-0.05, 0) is 31.2 Å². The van der Waals surface area contributed by atoms with E-state index in [1.807, 2.05) is 43.3 Å². The minimum Gasteiger partial charge on any atom is -0.493 e. The van der Waals surface area contributed by atoms with Crippen molar-refractivity contribution in [1.29, 1.82) is 0 Å². The highest BCUT2D eigenvalue weighted by atomic mass is 16.5. The molecule has 6 heteroatoms. The Balaban J connectivity index is 1.46. The lowest BCUT2D eigenvalue weighted by atomic mass is 10.1. The summed E-state index contributed by atoms with van der Waals surface area (Å²) < 4.78 is 10.7. The van der Waals surface area contributed by atoms with Gasteiger partial charge in [0, 0.05) is 31.1 Å². The standard InChI is InChI=1S/C21H24N2O4/c1-15-7-9-17(10-8-15)23-13-16(11-21(23)25)12-22-20(24)14-27-19-6-4-3-5-18(19)26-2/h3-10,16H,11-14H2,1-2H3,(H,22,24). The van der Waals surface area contributed by atoms with E-state index < -0.39 is 0 Å². The molecule has 1 atom stereocenters. The Morgan fingerprint density at radius 2 is 1.85 bits per heavy atom. The summed E-state index contributed by atoms with van der Waals surface area (Å²) in [7, 11) is 1.55. The average molecular weight is 368 g/mol. The van der Waals surface area contributed by atoms with Crippen molar-refractivity contribution in [3.63, 3.8) is 0 Å². The lowest BCUT2D eigenvalue weighted by Crippen LogP contribution is -2.34. The van der Waals surface area contributed by atoms with Gasteiger partial charge < -0.3 is 19.7 Å². The number of hydrogen-bond donors (Lipinski definition) is 1. The van der Waals surface area contributed by atoms with Crippen molar-refractivity contribution in [2.75, 3.05) is 31.7 Å². The van der Waals surface area contributed by atoms with E-state index in [9.17, 15) is 9.59 Å². The molecule has 142 valence electrons. The molecule has 2 aromatic rings. The Morgan fingerprint density at radius 3 is 2.56 bits per heavy atom. The third-order valence-electron chi connectivity index (χ3n) is 4.57. The molecule has 6 nitrogen and oxygen atoms in total. The number of amides is 2. The number of hydrogen-bond acceptors (Lipinski definition) is 4. The van der Waals surface area contributed by atoms with E-state index in [2.05, 4.69) is 5.32 Å². The van der Waals surface area contributed by atoms with Crippen molar-refractivity contribution < 1.29 is 19.1 Å². The predicted octanol–water partition coefficient (Wildman–Crippen LogP) is 2.55. The molecule has 0 aliphatic carbocycles. The number of para-hydroxylation sites is 2. The Kier molecular flexibility index (Phi) is 5.96. The number of rotatable bonds is 7. The first-order chi connectivity index (χ1) is 13.1. The average Bonchev–Trinajstić information content (AvgIpc) is 3.06. The van der Waals surface area contributed by atoms with Crippen LogP contribution in [0.25, 0.3) is 0 Å². The molecule has 1 aliphatic rings. The molecule has 1 saturated heterocycles. The Hall–Kier alpha value is -3.02. The van der Waals surface area contributed by atoms with Crippen molar-refractivity contribution in [3.8, 4) is 11.5 Å². The number of aryl methyl sites for hydroxylation is 1. The SMILES string of the molecule is COc1ccccc1OCC(=O)NCC1CC(=O)N(c2ccc(C)cc2)C1. The summed E-state index contributed by atoms with van der Waals surface area (Å²) in [5.74, 6) is 1.07. The zero-order valence-corrected chi connectivity index (χ0v) is 15.6. The van der Waals surface area contributed by atoms with Gasteiger partial charge in [0.2, 0.25) is 5.91 Å². The number of anilines is 1. The summed E-state index contributed by atoms with van der Waals surface area (Å²) in [5.41, 5.74) is 2.06. The van der Waals surface area contributed by atoms with Gasteiger partial charge in [-0.25, -0.2) is 0 Å². The molecule has 0 bridgehead atoms. The Labute approximate surface area is 159 Å². The number of benzene rings is 2. The van der Waals surface area contributed by atoms with Gasteiger partial charge in [-0.2, -0.15) is 0 Å². The minimum atomic E-state index is -0.220. The van der Waals surface area contributed by atoms with Crippen LogP contribution < -0.4 is 19.7 Å². The minimum absolute atomic E-state index is 0.0865. The quantitative estimate of drug-likeness (QED) is 0.816. The molecule has 0 saturated carbocycles. The van der Waals surface area contributed by atoms with E-state index >= 15 is 0 Å². The van der Waals surface area contributed by atoms with E-state index in [-0.39, 0.29) is 24.3 Å². The zero-order valence-electron chi connectivity index (χ0n) is 15.6. The highest BCUT2D eigenvalue weighted by Gasteiger charge is 2.30. The molecule has 2 aromatic carbocycles. The smallest absolute Gasteiger partial charge is 0.257 e. The zero-order chi connectivity index (χ0) is 19.2. The first-order valence-electron chi connectivity index (χ1n) is 8.96. The number of nitrogens with one attached hydrogen (secondary N) is 1. The van der Waals surface area contributed by atoms with Crippen LogP contribution in [0.4, 0.5) is 5.69 Å². The summed E-state index contributed by atoms with van der Waals surface area (Å²) in [6.07, 6.45) is 0.432. The largest absolute Gasteiger partial charge is 0.493 e. The van der Waals surface area contributed by atoms with Gasteiger partial charge in [0.15, 0.2) is 18.1 Å².